The molecule has 0 radical (unpaired) electrons. The van der Waals surface area contributed by atoms with Gasteiger partial charge in [0.2, 0.25) is 0 Å². The normalized spacial score (nSPS) is 11.7. The predicted molar refractivity (Wildman–Crippen MR) is 223 cm³/mol. The van der Waals surface area contributed by atoms with Crippen LogP contribution in [-0.2, 0) is 12.8 Å². The number of halogens is 1. The number of benzene rings is 5. The minimum atomic E-state index is -1.77. The number of unbranched alkanes of at least 4 members (excludes halogenated alkanes) is 6. The number of ether oxygens (including phenoxy) is 1. The lowest BCUT2D eigenvalue weighted by Crippen LogP contribution is -3.00. The third-order valence-electron chi connectivity index (χ3n) is 9.69. The zero-order valence-corrected chi connectivity index (χ0v) is 34.0. The summed E-state index contributed by atoms with van der Waals surface area (Å²) in [5.74, 6) is 1.63. The van der Waals surface area contributed by atoms with Gasteiger partial charge in [0.05, 0.1) is 13.3 Å². The van der Waals surface area contributed by atoms with Crippen LogP contribution in [0.25, 0.3) is 0 Å². The average molecular weight is 764 g/mol. The number of hydrogen-bond acceptors (Lipinski definition) is 1. The number of aryl methyl sites for hydroxylation is 2. The quantitative estimate of drug-likeness (QED) is 0.0492. The summed E-state index contributed by atoms with van der Waals surface area (Å²) in [6.45, 7) is 6.78. The van der Waals surface area contributed by atoms with Gasteiger partial charge in [0, 0.05) is 6.42 Å². The van der Waals surface area contributed by atoms with Gasteiger partial charge in [0.15, 0.2) is 0 Å². The van der Waals surface area contributed by atoms with Crippen LogP contribution in [0.2, 0.25) is 0 Å². The van der Waals surface area contributed by atoms with Crippen molar-refractivity contribution in [1.29, 1.82) is 0 Å². The second kappa shape index (κ2) is 23.9. The second-order valence-corrected chi connectivity index (χ2v) is 17.3. The van der Waals surface area contributed by atoms with E-state index in [9.17, 15) is 0 Å². The molecule has 0 saturated carbocycles. The van der Waals surface area contributed by atoms with E-state index in [1.807, 2.05) is 0 Å². The predicted octanol–water partition coefficient (Wildman–Crippen LogP) is 9.11. The fourth-order valence-corrected chi connectivity index (χ4v) is 11.0. The van der Waals surface area contributed by atoms with Crippen LogP contribution in [0.4, 0.5) is 0 Å². The molecule has 51 heavy (non-hydrogen) atoms. The van der Waals surface area contributed by atoms with Crippen molar-refractivity contribution in [2.45, 2.75) is 85.0 Å². The molecule has 1 atom stereocenters. The van der Waals surface area contributed by atoms with E-state index >= 15 is 0 Å². The van der Waals surface area contributed by atoms with E-state index in [2.05, 4.69) is 172 Å². The fourth-order valence-electron chi connectivity index (χ4n) is 6.65. The summed E-state index contributed by atoms with van der Waals surface area (Å²) in [4.78, 5) is 0. The van der Waals surface area contributed by atoms with E-state index in [-0.39, 0.29) is 17.0 Å². The molecule has 3 heteroatoms. The van der Waals surface area contributed by atoms with Crippen LogP contribution in [-0.4, -0.2) is 13.3 Å². The Labute approximate surface area is 321 Å². The van der Waals surface area contributed by atoms with Gasteiger partial charge in [0.25, 0.3) is 0 Å². The van der Waals surface area contributed by atoms with Gasteiger partial charge in [-0.1, -0.05) is 168 Å². The Morgan fingerprint density at radius 3 is 1.55 bits per heavy atom. The Morgan fingerprint density at radius 1 is 0.588 bits per heavy atom. The molecule has 270 valence electrons. The first-order valence-electron chi connectivity index (χ1n) is 18.9. The van der Waals surface area contributed by atoms with E-state index in [1.54, 1.807) is 7.11 Å². The third-order valence-corrected chi connectivity index (χ3v) is 14.1. The van der Waals surface area contributed by atoms with Gasteiger partial charge < -0.3 is 21.7 Å². The highest BCUT2D eigenvalue weighted by molar-refractivity contribution is 7.95. The summed E-state index contributed by atoms with van der Waals surface area (Å²) < 4.78 is 5.33. The summed E-state index contributed by atoms with van der Waals surface area (Å²) in [5.41, 5.74) is 4.10. The molecule has 5 aromatic carbocycles. The molecule has 0 N–H and O–H groups in total. The van der Waals surface area contributed by atoms with Gasteiger partial charge in [-0.05, 0) is 85.3 Å². The Morgan fingerprint density at radius 2 is 1.06 bits per heavy atom. The summed E-state index contributed by atoms with van der Waals surface area (Å²) in [5, 5.41) is 4.31. The molecule has 1 nitrogen and oxygen atoms in total. The molecule has 0 aromatic heterocycles. The molecule has 5 rings (SSSR count). The minimum absolute atomic E-state index is 0. The Bertz CT molecular complexity index is 1520. The number of allylic oxidation sites excluding steroid dienone is 2. The first-order chi connectivity index (χ1) is 24.5. The lowest BCUT2D eigenvalue weighted by Gasteiger charge is -2.27. The van der Waals surface area contributed by atoms with Crippen LogP contribution in [0.15, 0.2) is 152 Å². The smallest absolute Gasteiger partial charge is 0.118 e. The molecule has 0 spiro atoms. The molecule has 5 aromatic rings. The van der Waals surface area contributed by atoms with Crippen LogP contribution in [0.3, 0.4) is 0 Å². The highest BCUT2D eigenvalue weighted by Gasteiger charge is 2.44. The van der Waals surface area contributed by atoms with Crippen LogP contribution in [0.5, 0.6) is 5.75 Å². The molecule has 0 aliphatic carbocycles. The summed E-state index contributed by atoms with van der Waals surface area (Å²) in [7, 11) is -0.0547. The maximum atomic E-state index is 5.33. The molecule has 0 bridgehead atoms. The van der Waals surface area contributed by atoms with Crippen molar-refractivity contribution in [1.82, 2.24) is 0 Å². The Kier molecular flexibility index (Phi) is 19.7. The minimum Gasteiger partial charge on any atom is -1.00 e. The van der Waals surface area contributed by atoms with E-state index < -0.39 is 7.26 Å². The van der Waals surface area contributed by atoms with Crippen LogP contribution in [0, 0.1) is 12.8 Å². The molecular weight excluding hydrogens is 703 g/mol. The highest BCUT2D eigenvalue weighted by Crippen LogP contribution is 2.55. The number of methoxy groups -OCH3 is 1. The van der Waals surface area contributed by atoms with Gasteiger partial charge in [-0.25, -0.2) is 0 Å². The van der Waals surface area contributed by atoms with E-state index in [4.69, 9.17) is 4.74 Å². The van der Waals surface area contributed by atoms with Crippen molar-refractivity contribution < 1.29 is 21.7 Å². The van der Waals surface area contributed by atoms with Gasteiger partial charge in [-0.3, -0.25) is 0 Å². The SMILES string of the molecule is CCCCCCCCCC(C)C=CCc1ccc(C)cc1.COc1ccc(CC[P+](c2ccccc2)(c2ccccc2)c2ccccc2)cc1.[Br-]. The molecule has 0 amide bonds. The molecular formula is C48H60BrOP. The number of hydrogen-bond donors (Lipinski definition) is 0. The van der Waals surface area contributed by atoms with Crippen molar-refractivity contribution in [2.75, 3.05) is 13.3 Å². The maximum absolute atomic E-state index is 5.33. The lowest BCUT2D eigenvalue weighted by atomic mass is 10.0. The first-order valence-corrected chi connectivity index (χ1v) is 20.9. The monoisotopic (exact) mass is 762 g/mol. The van der Waals surface area contributed by atoms with Gasteiger partial charge in [0.1, 0.15) is 28.9 Å². The van der Waals surface area contributed by atoms with E-state index in [1.165, 1.54) is 84.0 Å². The zero-order valence-electron chi connectivity index (χ0n) is 31.5. The Balaban J connectivity index is 0.000000285. The lowest BCUT2D eigenvalue weighted by molar-refractivity contribution is -0.0000106. The molecule has 0 aliphatic heterocycles. The van der Waals surface area contributed by atoms with Crippen molar-refractivity contribution in [2.24, 2.45) is 5.92 Å². The molecule has 1 unspecified atom stereocenters. The molecule has 0 heterocycles. The van der Waals surface area contributed by atoms with Crippen molar-refractivity contribution in [3.8, 4) is 5.75 Å². The van der Waals surface area contributed by atoms with Crippen LogP contribution in [0.1, 0.15) is 81.9 Å². The first kappa shape index (κ1) is 42.0. The topological polar surface area (TPSA) is 9.23 Å². The third kappa shape index (κ3) is 13.9. The molecule has 0 fully saturated rings. The van der Waals surface area contributed by atoms with Crippen molar-refractivity contribution in [3.05, 3.63) is 168 Å². The van der Waals surface area contributed by atoms with Crippen LogP contribution < -0.4 is 37.6 Å². The van der Waals surface area contributed by atoms with Crippen LogP contribution >= 0.6 is 7.26 Å². The second-order valence-electron chi connectivity index (χ2n) is 13.6. The van der Waals surface area contributed by atoms with E-state index in [0.29, 0.717) is 0 Å². The van der Waals surface area contributed by atoms with Crippen molar-refractivity contribution >= 4 is 23.2 Å². The highest BCUT2D eigenvalue weighted by atomic mass is 79.9. The van der Waals surface area contributed by atoms with E-state index in [0.717, 1.165) is 30.7 Å². The average Bonchev–Trinajstić information content (AvgIpc) is 3.17. The van der Waals surface area contributed by atoms with Gasteiger partial charge in [-0.15, -0.1) is 0 Å². The Hall–Kier alpha value is -3.45. The molecule has 0 aliphatic rings. The summed E-state index contributed by atoms with van der Waals surface area (Å²) in [6.07, 6.45) is 19.2. The summed E-state index contributed by atoms with van der Waals surface area (Å²) in [6, 6.07) is 50.6. The fraction of sp³-hybridized carbons (Fsp3) is 0.333. The number of rotatable bonds is 18. The van der Waals surface area contributed by atoms with Gasteiger partial charge in [-0.2, -0.15) is 0 Å². The summed E-state index contributed by atoms with van der Waals surface area (Å²) >= 11 is 0. The van der Waals surface area contributed by atoms with Crippen molar-refractivity contribution in [3.63, 3.8) is 0 Å². The largest absolute Gasteiger partial charge is 1.00 e. The van der Waals surface area contributed by atoms with Gasteiger partial charge >= 0.3 is 0 Å². The standard InChI is InChI=1S/C27H26OP.C21H34.BrH/c1-28-24-19-17-23(18-20-24)21-22-29(25-11-5-2-6-12-25,26-13-7-3-8-14-26)27-15-9-4-10-16-27;1-4-5-6-7-8-9-10-12-19(2)13-11-14-21-17-15-20(3)16-18-21;/h2-20H,21-22H2,1H3;11,13,15-19H,4-10,12,14H2,1-3H3;1H/q+1;;/p-1. The molecule has 0 saturated heterocycles. The zero-order chi connectivity index (χ0) is 35.3. The maximum Gasteiger partial charge on any atom is 0.118 e.